The molecule has 1 aliphatic rings. The molecule has 1 fully saturated rings. The number of hydrogen-bond acceptors (Lipinski definition) is 4. The van der Waals surface area contributed by atoms with E-state index in [9.17, 15) is 9.90 Å². The van der Waals surface area contributed by atoms with Crippen molar-refractivity contribution in [1.82, 2.24) is 10.2 Å². The van der Waals surface area contributed by atoms with Crippen LogP contribution in [-0.2, 0) is 9.53 Å². The number of nitrogens with one attached hydrogen (secondary N) is 1. The highest BCUT2D eigenvalue weighted by Gasteiger charge is 2.32. The van der Waals surface area contributed by atoms with Crippen LogP contribution in [0.1, 0.15) is 32.6 Å². The summed E-state index contributed by atoms with van der Waals surface area (Å²) in [6.07, 6.45) is 3.86. The van der Waals surface area contributed by atoms with Crippen molar-refractivity contribution in [1.29, 1.82) is 0 Å². The average Bonchev–Trinajstić information content (AvgIpc) is 2.63. The lowest BCUT2D eigenvalue weighted by molar-refractivity contribution is -0.123. The summed E-state index contributed by atoms with van der Waals surface area (Å²) in [7, 11) is 3.49. The Labute approximate surface area is 109 Å². The van der Waals surface area contributed by atoms with Gasteiger partial charge in [0.1, 0.15) is 0 Å². The van der Waals surface area contributed by atoms with E-state index in [0.717, 1.165) is 25.7 Å². The second-order valence-corrected chi connectivity index (χ2v) is 5.53. The van der Waals surface area contributed by atoms with E-state index >= 15 is 0 Å². The van der Waals surface area contributed by atoms with Crippen LogP contribution in [-0.4, -0.2) is 61.4 Å². The van der Waals surface area contributed by atoms with Crippen molar-refractivity contribution in [2.24, 2.45) is 0 Å². The lowest BCUT2D eigenvalue weighted by atomic mass is 10.0. The fourth-order valence-corrected chi connectivity index (χ4v) is 2.61. The summed E-state index contributed by atoms with van der Waals surface area (Å²) in [6.45, 7) is 3.31. The monoisotopic (exact) mass is 258 g/mol. The maximum Gasteiger partial charge on any atom is 0.234 e. The Bertz CT molecular complexity index is 265. The third-order valence-electron chi connectivity index (χ3n) is 3.34. The van der Waals surface area contributed by atoms with Crippen LogP contribution in [0, 0.1) is 0 Å². The molecule has 0 aromatic rings. The molecule has 0 saturated heterocycles. The highest BCUT2D eigenvalue weighted by atomic mass is 16.5. The fraction of sp³-hybridized carbons (Fsp3) is 0.923. The van der Waals surface area contributed by atoms with Gasteiger partial charge in [0, 0.05) is 19.7 Å². The average molecular weight is 258 g/mol. The standard InChI is InChI=1S/C13H26N2O3/c1-11(9-18-3)14-12(16)8-15(2)10-13(17)6-4-5-7-13/h11,17H,4-10H2,1-3H3,(H,14,16). The predicted octanol–water partition coefficient (Wildman–Crippen LogP) is 0.374. The van der Waals surface area contributed by atoms with E-state index < -0.39 is 5.60 Å². The second-order valence-electron chi connectivity index (χ2n) is 5.53. The number of aliphatic hydroxyl groups is 1. The van der Waals surface area contributed by atoms with Crippen LogP contribution in [0.15, 0.2) is 0 Å². The number of carbonyl (C=O) groups is 1. The van der Waals surface area contributed by atoms with Gasteiger partial charge in [-0.1, -0.05) is 12.8 Å². The van der Waals surface area contributed by atoms with Crippen molar-refractivity contribution in [3.05, 3.63) is 0 Å². The Morgan fingerprint density at radius 1 is 1.50 bits per heavy atom. The number of hydrogen-bond donors (Lipinski definition) is 2. The smallest absolute Gasteiger partial charge is 0.234 e. The summed E-state index contributed by atoms with van der Waals surface area (Å²) in [5, 5.41) is 13.1. The Kier molecular flexibility index (Phi) is 6.05. The second kappa shape index (κ2) is 7.07. The number of nitrogens with zero attached hydrogens (tertiary/aromatic N) is 1. The molecule has 5 nitrogen and oxygen atoms in total. The maximum absolute atomic E-state index is 11.7. The van der Waals surface area contributed by atoms with Crippen LogP contribution < -0.4 is 5.32 Å². The van der Waals surface area contributed by atoms with Gasteiger partial charge in [-0.3, -0.25) is 9.69 Å². The molecule has 1 saturated carbocycles. The third kappa shape index (κ3) is 5.33. The van der Waals surface area contributed by atoms with Crippen molar-refractivity contribution in [2.75, 3.05) is 33.9 Å². The van der Waals surface area contributed by atoms with Gasteiger partial charge in [-0.05, 0) is 26.8 Å². The van der Waals surface area contributed by atoms with E-state index in [-0.39, 0.29) is 11.9 Å². The molecule has 0 radical (unpaired) electrons. The Morgan fingerprint density at radius 3 is 2.67 bits per heavy atom. The minimum atomic E-state index is -0.590. The minimum absolute atomic E-state index is 0.0190. The first kappa shape index (κ1) is 15.4. The first-order valence-corrected chi connectivity index (χ1v) is 6.64. The minimum Gasteiger partial charge on any atom is -0.389 e. The predicted molar refractivity (Wildman–Crippen MR) is 70.4 cm³/mol. The molecule has 0 bridgehead atoms. The Hall–Kier alpha value is -0.650. The quantitative estimate of drug-likeness (QED) is 0.693. The zero-order valence-corrected chi connectivity index (χ0v) is 11.7. The Balaban J connectivity index is 2.26. The van der Waals surface area contributed by atoms with E-state index in [1.807, 2.05) is 18.9 Å². The summed E-state index contributed by atoms with van der Waals surface area (Å²) < 4.78 is 4.96. The fourth-order valence-electron chi connectivity index (χ4n) is 2.61. The van der Waals surface area contributed by atoms with Crippen LogP contribution in [0.25, 0.3) is 0 Å². The molecule has 0 spiro atoms. The highest BCUT2D eigenvalue weighted by molar-refractivity contribution is 5.78. The van der Waals surface area contributed by atoms with Gasteiger partial charge in [-0.2, -0.15) is 0 Å². The zero-order chi connectivity index (χ0) is 13.6. The van der Waals surface area contributed by atoms with E-state index in [4.69, 9.17) is 4.74 Å². The van der Waals surface area contributed by atoms with Crippen molar-refractivity contribution in [3.8, 4) is 0 Å². The number of rotatable bonds is 7. The van der Waals surface area contributed by atoms with Crippen LogP contribution in [0.3, 0.4) is 0 Å². The molecule has 0 heterocycles. The molecule has 0 aromatic heterocycles. The summed E-state index contributed by atoms with van der Waals surface area (Å²) in [5.74, 6) is -0.0244. The van der Waals surface area contributed by atoms with Gasteiger partial charge in [0.25, 0.3) is 0 Å². The SMILES string of the molecule is COCC(C)NC(=O)CN(C)CC1(O)CCCC1. The summed E-state index contributed by atoms with van der Waals surface area (Å²) >= 11 is 0. The van der Waals surface area contributed by atoms with Gasteiger partial charge in [0.15, 0.2) is 0 Å². The van der Waals surface area contributed by atoms with E-state index in [2.05, 4.69) is 5.32 Å². The lowest BCUT2D eigenvalue weighted by Crippen LogP contribution is -2.46. The van der Waals surface area contributed by atoms with Crippen molar-refractivity contribution >= 4 is 5.91 Å². The van der Waals surface area contributed by atoms with Crippen molar-refractivity contribution in [2.45, 2.75) is 44.2 Å². The zero-order valence-electron chi connectivity index (χ0n) is 11.7. The molecule has 0 aliphatic heterocycles. The number of carbonyl (C=O) groups excluding carboxylic acids is 1. The maximum atomic E-state index is 11.7. The van der Waals surface area contributed by atoms with Crippen LogP contribution in [0.5, 0.6) is 0 Å². The molecule has 1 unspecified atom stereocenters. The normalized spacial score (nSPS) is 20.1. The summed E-state index contributed by atoms with van der Waals surface area (Å²) in [4.78, 5) is 13.6. The van der Waals surface area contributed by atoms with E-state index in [0.29, 0.717) is 19.7 Å². The Morgan fingerprint density at radius 2 is 2.11 bits per heavy atom. The van der Waals surface area contributed by atoms with Crippen molar-refractivity contribution < 1.29 is 14.6 Å². The largest absolute Gasteiger partial charge is 0.389 e. The summed E-state index contributed by atoms with van der Waals surface area (Å²) in [6, 6.07) is 0.0190. The first-order valence-electron chi connectivity index (χ1n) is 6.64. The molecular weight excluding hydrogens is 232 g/mol. The molecule has 1 amide bonds. The van der Waals surface area contributed by atoms with Crippen molar-refractivity contribution in [3.63, 3.8) is 0 Å². The molecule has 0 aromatic carbocycles. The van der Waals surface area contributed by atoms with Gasteiger partial charge < -0.3 is 15.2 Å². The van der Waals surface area contributed by atoms with Gasteiger partial charge in [-0.15, -0.1) is 0 Å². The van der Waals surface area contributed by atoms with Crippen LogP contribution >= 0.6 is 0 Å². The van der Waals surface area contributed by atoms with E-state index in [1.165, 1.54) is 0 Å². The molecule has 1 aliphatic carbocycles. The molecule has 2 N–H and O–H groups in total. The van der Waals surface area contributed by atoms with Gasteiger partial charge in [0.05, 0.1) is 18.8 Å². The number of amides is 1. The molecule has 18 heavy (non-hydrogen) atoms. The third-order valence-corrected chi connectivity index (χ3v) is 3.34. The number of likely N-dealkylation sites (N-methyl/N-ethyl adjacent to an activating group) is 1. The van der Waals surface area contributed by atoms with Gasteiger partial charge in [0.2, 0.25) is 5.91 Å². The molecule has 5 heteroatoms. The highest BCUT2D eigenvalue weighted by Crippen LogP contribution is 2.29. The van der Waals surface area contributed by atoms with Gasteiger partial charge >= 0.3 is 0 Å². The molecule has 1 atom stereocenters. The van der Waals surface area contributed by atoms with Crippen LogP contribution in [0.4, 0.5) is 0 Å². The molecule has 1 rings (SSSR count). The van der Waals surface area contributed by atoms with Crippen LogP contribution in [0.2, 0.25) is 0 Å². The summed E-state index contributed by atoms with van der Waals surface area (Å²) in [5.41, 5.74) is -0.590. The van der Waals surface area contributed by atoms with E-state index in [1.54, 1.807) is 7.11 Å². The number of ether oxygens (including phenoxy) is 1. The molecule has 106 valence electrons. The van der Waals surface area contributed by atoms with Gasteiger partial charge in [-0.25, -0.2) is 0 Å². The topological polar surface area (TPSA) is 61.8 Å². The first-order chi connectivity index (χ1) is 8.45. The lowest BCUT2D eigenvalue weighted by Gasteiger charge is -2.28. The number of methoxy groups -OCH3 is 1. The molecular formula is C13H26N2O3.